The molecule has 1 atom stereocenters. The molecule has 88 valence electrons. The molecule has 0 saturated heterocycles. The lowest BCUT2D eigenvalue weighted by atomic mass is 9.82. The minimum absolute atomic E-state index is 0.236. The summed E-state index contributed by atoms with van der Waals surface area (Å²) in [7, 11) is 0. The summed E-state index contributed by atoms with van der Waals surface area (Å²) in [5, 5.41) is 0. The van der Waals surface area contributed by atoms with Crippen molar-refractivity contribution < 1.29 is 4.39 Å². The Morgan fingerprint density at radius 2 is 1.47 bits per heavy atom. The zero-order valence-electron chi connectivity index (χ0n) is 9.86. The average Bonchev–Trinajstić information content (AvgIpc) is 2.40. The third-order valence-electron chi connectivity index (χ3n) is 3.21. The van der Waals surface area contributed by atoms with Crippen LogP contribution in [0.1, 0.15) is 24.5 Å². The van der Waals surface area contributed by atoms with Gasteiger partial charge in [-0.1, -0.05) is 49.4 Å². The minimum Gasteiger partial charge on any atom is -0.318 e. The molecular formula is C15H16FN. The number of hydrogen-bond donors (Lipinski definition) is 1. The fourth-order valence-corrected chi connectivity index (χ4v) is 2.06. The first-order valence-corrected chi connectivity index (χ1v) is 5.77. The van der Waals surface area contributed by atoms with Crippen molar-refractivity contribution in [2.75, 3.05) is 0 Å². The van der Waals surface area contributed by atoms with Gasteiger partial charge in [0.15, 0.2) is 0 Å². The van der Waals surface area contributed by atoms with Crippen molar-refractivity contribution in [1.29, 1.82) is 0 Å². The molecule has 0 spiro atoms. The van der Waals surface area contributed by atoms with E-state index < -0.39 is 5.54 Å². The molecule has 0 amide bonds. The molecule has 2 N–H and O–H groups in total. The van der Waals surface area contributed by atoms with Gasteiger partial charge in [0.2, 0.25) is 0 Å². The van der Waals surface area contributed by atoms with E-state index in [1.165, 1.54) is 12.1 Å². The molecule has 0 heterocycles. The van der Waals surface area contributed by atoms with Crippen molar-refractivity contribution in [2.45, 2.75) is 18.9 Å². The Morgan fingerprint density at radius 1 is 0.941 bits per heavy atom. The van der Waals surface area contributed by atoms with Crippen LogP contribution in [-0.4, -0.2) is 0 Å². The smallest absolute Gasteiger partial charge is 0.123 e. The largest absolute Gasteiger partial charge is 0.318 e. The third-order valence-corrected chi connectivity index (χ3v) is 3.21. The highest BCUT2D eigenvalue weighted by molar-refractivity contribution is 5.37. The van der Waals surface area contributed by atoms with Gasteiger partial charge in [-0.3, -0.25) is 0 Å². The zero-order chi connectivity index (χ0) is 12.3. The summed E-state index contributed by atoms with van der Waals surface area (Å²) in [6.45, 7) is 2.04. The summed E-state index contributed by atoms with van der Waals surface area (Å²) in [6, 6.07) is 16.3. The first-order valence-electron chi connectivity index (χ1n) is 5.77. The van der Waals surface area contributed by atoms with Gasteiger partial charge in [0.05, 0.1) is 5.54 Å². The second-order valence-electron chi connectivity index (χ2n) is 4.20. The van der Waals surface area contributed by atoms with Crippen molar-refractivity contribution in [2.24, 2.45) is 5.73 Å². The molecule has 17 heavy (non-hydrogen) atoms. The van der Waals surface area contributed by atoms with Gasteiger partial charge in [0, 0.05) is 0 Å². The summed E-state index contributed by atoms with van der Waals surface area (Å²) in [5.74, 6) is -0.236. The van der Waals surface area contributed by atoms with E-state index in [9.17, 15) is 4.39 Å². The predicted molar refractivity (Wildman–Crippen MR) is 68.1 cm³/mol. The van der Waals surface area contributed by atoms with E-state index in [1.54, 1.807) is 12.1 Å². The van der Waals surface area contributed by atoms with Crippen molar-refractivity contribution in [1.82, 2.24) is 0 Å². The maximum absolute atomic E-state index is 12.9. The van der Waals surface area contributed by atoms with Crippen LogP contribution in [-0.2, 0) is 5.54 Å². The number of hydrogen-bond acceptors (Lipinski definition) is 1. The van der Waals surface area contributed by atoms with E-state index in [0.717, 1.165) is 17.5 Å². The number of benzene rings is 2. The highest BCUT2D eigenvalue weighted by atomic mass is 19.1. The van der Waals surface area contributed by atoms with Crippen LogP contribution < -0.4 is 5.73 Å². The maximum Gasteiger partial charge on any atom is 0.123 e. The van der Waals surface area contributed by atoms with E-state index in [2.05, 4.69) is 0 Å². The highest BCUT2D eigenvalue weighted by Gasteiger charge is 2.27. The van der Waals surface area contributed by atoms with Gasteiger partial charge in [0.1, 0.15) is 5.82 Å². The Morgan fingerprint density at radius 3 is 2.00 bits per heavy atom. The monoisotopic (exact) mass is 229 g/mol. The average molecular weight is 229 g/mol. The van der Waals surface area contributed by atoms with Crippen molar-refractivity contribution in [3.63, 3.8) is 0 Å². The Balaban J connectivity index is 2.48. The molecule has 1 nitrogen and oxygen atoms in total. The highest BCUT2D eigenvalue weighted by Crippen LogP contribution is 2.30. The predicted octanol–water partition coefficient (Wildman–Crippen LogP) is 3.44. The van der Waals surface area contributed by atoms with Gasteiger partial charge in [-0.2, -0.15) is 0 Å². The summed E-state index contributed by atoms with van der Waals surface area (Å²) < 4.78 is 12.9. The van der Waals surface area contributed by atoms with Crippen molar-refractivity contribution in [3.05, 3.63) is 71.5 Å². The SMILES string of the molecule is CCC(N)(c1ccccc1)c1ccc(F)cc1. The summed E-state index contributed by atoms with van der Waals surface area (Å²) in [6.07, 6.45) is 0.767. The van der Waals surface area contributed by atoms with Crippen molar-refractivity contribution >= 4 is 0 Å². The van der Waals surface area contributed by atoms with E-state index in [1.807, 2.05) is 37.3 Å². The molecule has 0 bridgehead atoms. The van der Waals surface area contributed by atoms with Crippen LogP contribution in [0.3, 0.4) is 0 Å². The fraction of sp³-hybridized carbons (Fsp3) is 0.200. The number of nitrogens with two attached hydrogens (primary N) is 1. The van der Waals surface area contributed by atoms with Crippen LogP contribution in [0.5, 0.6) is 0 Å². The first kappa shape index (κ1) is 11.8. The van der Waals surface area contributed by atoms with E-state index in [4.69, 9.17) is 5.73 Å². The molecule has 0 aromatic heterocycles. The van der Waals surface area contributed by atoms with Crippen LogP contribution in [0, 0.1) is 5.82 Å². The Hall–Kier alpha value is -1.67. The lowest BCUT2D eigenvalue weighted by Gasteiger charge is -2.29. The standard InChI is InChI=1S/C15H16FN/c1-2-15(17,12-6-4-3-5-7-12)13-8-10-14(16)11-9-13/h3-11H,2,17H2,1H3. The Bertz CT molecular complexity index is 478. The first-order chi connectivity index (χ1) is 8.16. The van der Waals surface area contributed by atoms with Crippen molar-refractivity contribution in [3.8, 4) is 0 Å². The lowest BCUT2D eigenvalue weighted by Crippen LogP contribution is -2.37. The quantitative estimate of drug-likeness (QED) is 0.857. The van der Waals surface area contributed by atoms with Crippen LogP contribution in [0.25, 0.3) is 0 Å². The van der Waals surface area contributed by atoms with E-state index in [-0.39, 0.29) is 5.82 Å². The summed E-state index contributed by atoms with van der Waals surface area (Å²) in [5.41, 5.74) is 7.91. The molecule has 0 fully saturated rings. The fourth-order valence-electron chi connectivity index (χ4n) is 2.06. The van der Waals surface area contributed by atoms with Crippen LogP contribution >= 0.6 is 0 Å². The van der Waals surface area contributed by atoms with Gasteiger partial charge in [-0.05, 0) is 29.7 Å². The molecule has 0 radical (unpaired) electrons. The maximum atomic E-state index is 12.9. The molecule has 0 aliphatic heterocycles. The molecule has 0 aliphatic rings. The molecule has 2 rings (SSSR count). The molecule has 0 saturated carbocycles. The van der Waals surface area contributed by atoms with Gasteiger partial charge < -0.3 is 5.73 Å². The van der Waals surface area contributed by atoms with Crippen LogP contribution in [0.4, 0.5) is 4.39 Å². The molecule has 0 aliphatic carbocycles. The second kappa shape index (κ2) is 4.68. The Labute approximate surface area is 101 Å². The van der Waals surface area contributed by atoms with Gasteiger partial charge >= 0.3 is 0 Å². The number of rotatable bonds is 3. The van der Waals surface area contributed by atoms with E-state index >= 15 is 0 Å². The molecular weight excluding hydrogens is 213 g/mol. The molecule has 2 heteroatoms. The van der Waals surface area contributed by atoms with Gasteiger partial charge in [0.25, 0.3) is 0 Å². The summed E-state index contributed by atoms with van der Waals surface area (Å²) in [4.78, 5) is 0. The molecule has 2 aromatic rings. The molecule has 1 unspecified atom stereocenters. The second-order valence-corrected chi connectivity index (χ2v) is 4.20. The summed E-state index contributed by atoms with van der Waals surface area (Å²) >= 11 is 0. The van der Waals surface area contributed by atoms with E-state index in [0.29, 0.717) is 0 Å². The Kier molecular flexibility index (Phi) is 3.25. The number of halogens is 1. The molecule has 2 aromatic carbocycles. The minimum atomic E-state index is -0.547. The topological polar surface area (TPSA) is 26.0 Å². The van der Waals surface area contributed by atoms with Gasteiger partial charge in [-0.15, -0.1) is 0 Å². The third kappa shape index (κ3) is 2.22. The van der Waals surface area contributed by atoms with Gasteiger partial charge in [-0.25, -0.2) is 4.39 Å². The van der Waals surface area contributed by atoms with Crippen LogP contribution in [0.15, 0.2) is 54.6 Å². The van der Waals surface area contributed by atoms with Crippen LogP contribution in [0.2, 0.25) is 0 Å². The normalized spacial score (nSPS) is 14.3. The zero-order valence-corrected chi connectivity index (χ0v) is 9.86. The lowest BCUT2D eigenvalue weighted by molar-refractivity contribution is 0.517.